The van der Waals surface area contributed by atoms with Crippen molar-refractivity contribution in [2.24, 2.45) is 17.8 Å². The van der Waals surface area contributed by atoms with Gasteiger partial charge < -0.3 is 9.09 Å². The topological polar surface area (TPSA) is 64.2 Å². The molecule has 29 heavy (non-hydrogen) atoms. The quantitative estimate of drug-likeness (QED) is 0.705. The van der Waals surface area contributed by atoms with Gasteiger partial charge in [-0.2, -0.15) is 4.98 Å². The fraction of sp³-hybridized carbons (Fsp3) is 0.696. The molecule has 4 heterocycles. The number of rotatable bonds is 7. The first-order valence-electron chi connectivity index (χ1n) is 11.2. The first-order chi connectivity index (χ1) is 13.9. The summed E-state index contributed by atoms with van der Waals surface area (Å²) in [6.07, 6.45) is 4.22. The standard InChI is InChI=1S/C23H34N4O2/c1-15(2)8-9-20-18-11-17(19-6-5-7-23(28)27(19)20)12-26(13-18)14-21-24-22(29-25-21)10-16(3)4/h5-7,15-18,20H,8-14H2,1-4H3/t17-,18+,20+/m1/s1. The summed E-state index contributed by atoms with van der Waals surface area (Å²) in [5.74, 6) is 3.58. The van der Waals surface area contributed by atoms with Gasteiger partial charge in [0.1, 0.15) is 0 Å². The molecule has 6 heteroatoms. The lowest BCUT2D eigenvalue weighted by atomic mass is 9.76. The van der Waals surface area contributed by atoms with Crippen LogP contribution < -0.4 is 5.56 Å². The molecule has 1 fully saturated rings. The molecule has 0 amide bonds. The Balaban J connectivity index is 1.54. The molecule has 4 rings (SSSR count). The van der Waals surface area contributed by atoms with Gasteiger partial charge >= 0.3 is 0 Å². The van der Waals surface area contributed by atoms with E-state index in [1.165, 1.54) is 12.1 Å². The molecule has 2 bridgehead atoms. The highest BCUT2D eigenvalue weighted by atomic mass is 16.5. The van der Waals surface area contributed by atoms with Crippen LogP contribution in [-0.2, 0) is 13.0 Å². The van der Waals surface area contributed by atoms with Gasteiger partial charge in [0.2, 0.25) is 5.89 Å². The van der Waals surface area contributed by atoms with Gasteiger partial charge in [0, 0.05) is 43.2 Å². The van der Waals surface area contributed by atoms with Crippen molar-refractivity contribution in [2.45, 2.75) is 71.9 Å². The maximum absolute atomic E-state index is 12.7. The summed E-state index contributed by atoms with van der Waals surface area (Å²) in [6, 6.07) is 6.09. The van der Waals surface area contributed by atoms with Crippen molar-refractivity contribution in [1.29, 1.82) is 0 Å². The summed E-state index contributed by atoms with van der Waals surface area (Å²) in [5.41, 5.74) is 1.37. The molecule has 0 saturated carbocycles. The minimum absolute atomic E-state index is 0.163. The van der Waals surface area contributed by atoms with E-state index in [1.807, 2.05) is 6.07 Å². The Morgan fingerprint density at radius 3 is 2.76 bits per heavy atom. The van der Waals surface area contributed by atoms with Gasteiger partial charge in [-0.1, -0.05) is 38.9 Å². The van der Waals surface area contributed by atoms with E-state index in [2.05, 4.69) is 53.4 Å². The van der Waals surface area contributed by atoms with E-state index in [0.717, 1.165) is 50.6 Å². The smallest absolute Gasteiger partial charge is 0.250 e. The molecule has 0 unspecified atom stereocenters. The molecule has 2 aliphatic rings. The highest BCUT2D eigenvalue weighted by molar-refractivity contribution is 5.19. The molecule has 0 N–H and O–H groups in total. The van der Waals surface area contributed by atoms with Gasteiger partial charge in [-0.3, -0.25) is 9.69 Å². The molecule has 2 aliphatic heterocycles. The summed E-state index contributed by atoms with van der Waals surface area (Å²) in [7, 11) is 0. The highest BCUT2D eigenvalue weighted by Crippen LogP contribution is 2.43. The zero-order valence-electron chi connectivity index (χ0n) is 18.2. The molecule has 6 nitrogen and oxygen atoms in total. The van der Waals surface area contributed by atoms with Crippen molar-refractivity contribution in [3.63, 3.8) is 0 Å². The summed E-state index contributed by atoms with van der Waals surface area (Å²) in [4.78, 5) is 19.8. The lowest BCUT2D eigenvalue weighted by Gasteiger charge is -2.47. The Kier molecular flexibility index (Phi) is 5.91. The van der Waals surface area contributed by atoms with Gasteiger partial charge in [0.15, 0.2) is 5.82 Å². The van der Waals surface area contributed by atoms with Crippen LogP contribution in [0.1, 0.15) is 76.3 Å². The lowest BCUT2D eigenvalue weighted by molar-refractivity contribution is 0.0776. The largest absolute Gasteiger partial charge is 0.339 e. The molecular weight excluding hydrogens is 364 g/mol. The van der Waals surface area contributed by atoms with Gasteiger partial charge in [-0.15, -0.1) is 0 Å². The van der Waals surface area contributed by atoms with Crippen molar-refractivity contribution >= 4 is 0 Å². The number of pyridine rings is 1. The van der Waals surface area contributed by atoms with Gasteiger partial charge in [0.05, 0.1) is 6.54 Å². The monoisotopic (exact) mass is 398 g/mol. The average molecular weight is 399 g/mol. The van der Waals surface area contributed by atoms with Crippen LogP contribution in [0.2, 0.25) is 0 Å². The minimum atomic E-state index is 0.163. The second-order valence-electron chi connectivity index (χ2n) is 9.79. The van der Waals surface area contributed by atoms with Crippen molar-refractivity contribution in [3.8, 4) is 0 Å². The van der Waals surface area contributed by atoms with Crippen molar-refractivity contribution in [2.75, 3.05) is 13.1 Å². The van der Waals surface area contributed by atoms with Crippen LogP contribution in [0.3, 0.4) is 0 Å². The summed E-state index contributed by atoms with van der Waals surface area (Å²) >= 11 is 0. The lowest BCUT2D eigenvalue weighted by Crippen LogP contribution is -2.49. The van der Waals surface area contributed by atoms with Gasteiger partial charge in [0.25, 0.3) is 5.56 Å². The normalized spacial score (nSPS) is 24.3. The van der Waals surface area contributed by atoms with Crippen LogP contribution in [0.25, 0.3) is 0 Å². The van der Waals surface area contributed by atoms with E-state index >= 15 is 0 Å². The number of nitrogens with zero attached hydrogens (tertiary/aromatic N) is 4. The second kappa shape index (κ2) is 8.42. The van der Waals surface area contributed by atoms with E-state index in [0.29, 0.717) is 29.7 Å². The van der Waals surface area contributed by atoms with Crippen molar-refractivity contribution in [1.82, 2.24) is 19.6 Å². The van der Waals surface area contributed by atoms with Crippen molar-refractivity contribution in [3.05, 3.63) is 46.0 Å². The fourth-order valence-electron chi connectivity index (χ4n) is 5.13. The van der Waals surface area contributed by atoms with Gasteiger partial charge in [-0.25, -0.2) is 0 Å². The molecule has 3 atom stereocenters. The third kappa shape index (κ3) is 4.47. The minimum Gasteiger partial charge on any atom is -0.339 e. The molecular formula is C23H34N4O2. The fourth-order valence-corrected chi connectivity index (χ4v) is 5.13. The van der Waals surface area contributed by atoms with E-state index < -0.39 is 0 Å². The van der Waals surface area contributed by atoms with Gasteiger partial charge in [-0.05, 0) is 43.1 Å². The summed E-state index contributed by atoms with van der Waals surface area (Å²) in [5, 5.41) is 4.21. The number of piperidine rings is 1. The number of fused-ring (bicyclic) bond motifs is 4. The average Bonchev–Trinajstić information content (AvgIpc) is 3.08. The van der Waals surface area contributed by atoms with Crippen LogP contribution in [0.5, 0.6) is 0 Å². The van der Waals surface area contributed by atoms with Crippen LogP contribution in [0, 0.1) is 17.8 Å². The molecule has 0 spiro atoms. The molecule has 2 aromatic rings. The van der Waals surface area contributed by atoms with E-state index in [4.69, 9.17) is 4.52 Å². The maximum atomic E-state index is 12.7. The van der Waals surface area contributed by atoms with E-state index in [9.17, 15) is 4.79 Å². The number of aromatic nitrogens is 3. The Bertz CT molecular complexity index is 885. The van der Waals surface area contributed by atoms with Crippen LogP contribution in [-0.4, -0.2) is 32.7 Å². The third-order valence-electron chi connectivity index (χ3n) is 6.37. The summed E-state index contributed by atoms with van der Waals surface area (Å²) in [6.45, 7) is 11.5. The number of hydrogen-bond acceptors (Lipinski definition) is 5. The third-order valence-corrected chi connectivity index (χ3v) is 6.37. The SMILES string of the molecule is CC(C)CC[C@H]1[C@H]2C[C@H](CN(Cc3noc(CC(C)C)n3)C2)c2cccc(=O)n21. The molecule has 2 aromatic heterocycles. The molecule has 0 radical (unpaired) electrons. The zero-order chi connectivity index (χ0) is 20.5. The highest BCUT2D eigenvalue weighted by Gasteiger charge is 2.40. The second-order valence-corrected chi connectivity index (χ2v) is 9.79. The molecule has 158 valence electrons. The predicted molar refractivity (Wildman–Crippen MR) is 113 cm³/mol. The van der Waals surface area contributed by atoms with Crippen molar-refractivity contribution < 1.29 is 4.52 Å². The van der Waals surface area contributed by atoms with Crippen LogP contribution >= 0.6 is 0 Å². The van der Waals surface area contributed by atoms with E-state index in [1.54, 1.807) is 6.07 Å². The van der Waals surface area contributed by atoms with E-state index in [-0.39, 0.29) is 5.56 Å². The number of likely N-dealkylation sites (tertiary alicyclic amines) is 1. The maximum Gasteiger partial charge on any atom is 0.250 e. The Morgan fingerprint density at radius 1 is 1.17 bits per heavy atom. The summed E-state index contributed by atoms with van der Waals surface area (Å²) < 4.78 is 7.55. The molecule has 0 aromatic carbocycles. The zero-order valence-corrected chi connectivity index (χ0v) is 18.2. The Labute approximate surface area is 173 Å². The Hall–Kier alpha value is -1.95. The molecule has 1 saturated heterocycles. The molecule has 0 aliphatic carbocycles. The first kappa shape index (κ1) is 20.3. The predicted octanol–water partition coefficient (Wildman–Crippen LogP) is 4.03. The van der Waals surface area contributed by atoms with Crippen LogP contribution in [0.4, 0.5) is 0 Å². The first-order valence-corrected chi connectivity index (χ1v) is 11.2. The Morgan fingerprint density at radius 2 is 2.00 bits per heavy atom. The number of hydrogen-bond donors (Lipinski definition) is 0. The van der Waals surface area contributed by atoms with Crippen LogP contribution in [0.15, 0.2) is 27.5 Å².